The first-order valence-corrected chi connectivity index (χ1v) is 6.74. The van der Waals surface area contributed by atoms with Gasteiger partial charge in [0.15, 0.2) is 5.82 Å². The van der Waals surface area contributed by atoms with Crippen LogP contribution < -0.4 is 16.0 Å². The Morgan fingerprint density at radius 2 is 2.05 bits per heavy atom. The van der Waals surface area contributed by atoms with Crippen LogP contribution in [-0.2, 0) is 13.1 Å². The molecule has 0 saturated heterocycles. The number of nitrogens with two attached hydrogens (primary N) is 1. The molecule has 114 valence electrons. The molecule has 0 spiro atoms. The molecule has 0 aromatic carbocycles. The van der Waals surface area contributed by atoms with Crippen molar-refractivity contribution in [2.45, 2.75) is 33.0 Å². The van der Waals surface area contributed by atoms with Gasteiger partial charge in [-0.15, -0.1) is 5.10 Å². The average Bonchev–Trinajstić information content (AvgIpc) is 2.83. The molecular formula is C12H21N9. The van der Waals surface area contributed by atoms with E-state index in [0.29, 0.717) is 30.9 Å². The van der Waals surface area contributed by atoms with Gasteiger partial charge in [-0.05, 0) is 0 Å². The third-order valence-corrected chi connectivity index (χ3v) is 2.67. The van der Waals surface area contributed by atoms with E-state index in [1.54, 1.807) is 9.58 Å². The van der Waals surface area contributed by atoms with Gasteiger partial charge in [0.05, 0.1) is 11.9 Å². The maximum absolute atomic E-state index is 5.69. The minimum atomic E-state index is 0.200. The molecule has 0 bridgehead atoms. The fraction of sp³-hybridized carbons (Fsp3) is 0.583. The van der Waals surface area contributed by atoms with E-state index >= 15 is 0 Å². The summed E-state index contributed by atoms with van der Waals surface area (Å²) in [5.41, 5.74) is 6.57. The topological polar surface area (TPSA) is 111 Å². The molecule has 2 heterocycles. The normalized spacial score (nSPS) is 11.1. The van der Waals surface area contributed by atoms with Crippen LogP contribution in [0.4, 0.5) is 11.9 Å². The van der Waals surface area contributed by atoms with Crippen LogP contribution >= 0.6 is 0 Å². The predicted molar refractivity (Wildman–Crippen MR) is 79.7 cm³/mol. The summed E-state index contributed by atoms with van der Waals surface area (Å²) in [6.07, 6.45) is 1.87. The zero-order chi connectivity index (χ0) is 15.4. The first kappa shape index (κ1) is 15.1. The third kappa shape index (κ3) is 4.35. The quantitative estimate of drug-likeness (QED) is 0.743. The summed E-state index contributed by atoms with van der Waals surface area (Å²) >= 11 is 0. The maximum atomic E-state index is 5.69. The molecular weight excluding hydrogens is 270 g/mol. The number of nitrogens with one attached hydrogen (secondary N) is 1. The van der Waals surface area contributed by atoms with Crippen LogP contribution in [0, 0.1) is 0 Å². The van der Waals surface area contributed by atoms with Crippen LogP contribution in [0.15, 0.2) is 6.20 Å². The van der Waals surface area contributed by atoms with Gasteiger partial charge in [-0.2, -0.15) is 15.0 Å². The summed E-state index contributed by atoms with van der Waals surface area (Å²) in [5.74, 6) is 1.28. The molecule has 21 heavy (non-hydrogen) atoms. The lowest BCUT2D eigenvalue weighted by molar-refractivity contribution is 0.580. The molecule has 2 aromatic heterocycles. The van der Waals surface area contributed by atoms with E-state index in [-0.39, 0.29) is 5.95 Å². The number of hydrogen-bond donors (Lipinski definition) is 2. The van der Waals surface area contributed by atoms with Crippen molar-refractivity contribution in [3.63, 3.8) is 0 Å². The van der Waals surface area contributed by atoms with Crippen molar-refractivity contribution < 1.29 is 0 Å². The molecule has 0 atom stereocenters. The maximum Gasteiger partial charge on any atom is 0.229 e. The molecule has 0 saturated carbocycles. The monoisotopic (exact) mass is 291 g/mol. The van der Waals surface area contributed by atoms with E-state index in [1.165, 1.54) is 0 Å². The second-order valence-electron chi connectivity index (χ2n) is 5.25. The summed E-state index contributed by atoms with van der Waals surface area (Å²) in [6.45, 7) is 5.25. The van der Waals surface area contributed by atoms with Crippen molar-refractivity contribution in [2.75, 3.05) is 24.7 Å². The largest absolute Gasteiger partial charge is 0.368 e. The highest BCUT2D eigenvalue weighted by atomic mass is 15.4. The van der Waals surface area contributed by atoms with Gasteiger partial charge in [0, 0.05) is 26.7 Å². The lowest BCUT2D eigenvalue weighted by Crippen LogP contribution is -2.22. The van der Waals surface area contributed by atoms with E-state index < -0.39 is 0 Å². The van der Waals surface area contributed by atoms with E-state index in [2.05, 4.69) is 44.4 Å². The Hall–Kier alpha value is -2.29. The Bertz CT molecular complexity index is 590. The van der Waals surface area contributed by atoms with E-state index in [0.717, 1.165) is 5.69 Å². The van der Waals surface area contributed by atoms with Crippen molar-refractivity contribution in [1.82, 2.24) is 35.3 Å². The summed E-state index contributed by atoms with van der Waals surface area (Å²) in [5, 5.41) is 11.5. The van der Waals surface area contributed by atoms with E-state index in [4.69, 9.17) is 5.73 Å². The van der Waals surface area contributed by atoms with Crippen LogP contribution in [-0.4, -0.2) is 50.1 Å². The van der Waals surface area contributed by atoms with Crippen molar-refractivity contribution in [3.8, 4) is 0 Å². The summed E-state index contributed by atoms with van der Waals surface area (Å²) in [6, 6.07) is 0.404. The highest BCUT2D eigenvalue weighted by Crippen LogP contribution is 2.06. The number of hydrogen-bond acceptors (Lipinski definition) is 8. The molecule has 0 aliphatic heterocycles. The Labute approximate surface area is 123 Å². The number of anilines is 2. The van der Waals surface area contributed by atoms with Gasteiger partial charge in [0.25, 0.3) is 0 Å². The van der Waals surface area contributed by atoms with Crippen LogP contribution in [0.2, 0.25) is 0 Å². The Kier molecular flexibility index (Phi) is 4.63. The van der Waals surface area contributed by atoms with Gasteiger partial charge in [-0.25, -0.2) is 4.68 Å². The van der Waals surface area contributed by atoms with Gasteiger partial charge in [-0.1, -0.05) is 19.1 Å². The predicted octanol–water partition coefficient (Wildman–Crippen LogP) is -0.342. The second-order valence-corrected chi connectivity index (χ2v) is 5.25. The highest BCUT2D eigenvalue weighted by Gasteiger charge is 2.08. The first-order chi connectivity index (χ1) is 9.94. The van der Waals surface area contributed by atoms with Crippen molar-refractivity contribution in [1.29, 1.82) is 0 Å². The van der Waals surface area contributed by atoms with Gasteiger partial charge in [0.1, 0.15) is 6.54 Å². The second kappa shape index (κ2) is 6.44. The summed E-state index contributed by atoms with van der Waals surface area (Å²) in [7, 11) is 3.70. The molecule has 0 aliphatic rings. The Morgan fingerprint density at radius 3 is 2.71 bits per heavy atom. The SMILES string of the molecule is CC(C)NCc1cn(Cc2nc(N)nc(N(C)C)n2)nn1. The van der Waals surface area contributed by atoms with Crippen LogP contribution in [0.5, 0.6) is 0 Å². The third-order valence-electron chi connectivity index (χ3n) is 2.67. The molecule has 0 radical (unpaired) electrons. The van der Waals surface area contributed by atoms with Crippen molar-refractivity contribution in [3.05, 3.63) is 17.7 Å². The smallest absolute Gasteiger partial charge is 0.229 e. The van der Waals surface area contributed by atoms with Crippen molar-refractivity contribution in [2.24, 2.45) is 0 Å². The van der Waals surface area contributed by atoms with Crippen LogP contribution in [0.25, 0.3) is 0 Å². The average molecular weight is 291 g/mol. The van der Waals surface area contributed by atoms with Gasteiger partial charge < -0.3 is 16.0 Å². The molecule has 9 heteroatoms. The fourth-order valence-corrected chi connectivity index (χ4v) is 1.65. The Balaban J connectivity index is 2.08. The molecule has 2 rings (SSSR count). The Morgan fingerprint density at radius 1 is 1.29 bits per heavy atom. The number of nitrogens with zero attached hydrogens (tertiary/aromatic N) is 7. The zero-order valence-electron chi connectivity index (χ0n) is 12.8. The molecule has 3 N–H and O–H groups in total. The fourth-order valence-electron chi connectivity index (χ4n) is 1.65. The molecule has 0 fully saturated rings. The van der Waals surface area contributed by atoms with Gasteiger partial charge in [-0.3, -0.25) is 0 Å². The van der Waals surface area contributed by atoms with Gasteiger partial charge >= 0.3 is 0 Å². The molecule has 0 unspecified atom stereocenters. The lowest BCUT2D eigenvalue weighted by atomic mass is 10.3. The summed E-state index contributed by atoms with van der Waals surface area (Å²) in [4.78, 5) is 14.3. The molecule has 9 nitrogen and oxygen atoms in total. The zero-order valence-corrected chi connectivity index (χ0v) is 12.8. The van der Waals surface area contributed by atoms with Gasteiger partial charge in [0.2, 0.25) is 11.9 Å². The molecule has 0 aliphatic carbocycles. The van der Waals surface area contributed by atoms with E-state index in [1.807, 2.05) is 20.3 Å². The molecule has 0 amide bonds. The van der Waals surface area contributed by atoms with E-state index in [9.17, 15) is 0 Å². The first-order valence-electron chi connectivity index (χ1n) is 6.74. The number of aromatic nitrogens is 6. The highest BCUT2D eigenvalue weighted by molar-refractivity contribution is 5.32. The van der Waals surface area contributed by atoms with Crippen LogP contribution in [0.3, 0.4) is 0 Å². The van der Waals surface area contributed by atoms with Crippen molar-refractivity contribution >= 4 is 11.9 Å². The molecule has 2 aromatic rings. The standard InChI is InChI=1S/C12H21N9/c1-8(2)14-5-9-6-21(19-18-9)7-10-15-11(13)17-12(16-10)20(3)4/h6,8,14H,5,7H2,1-4H3,(H2,13,15,16,17). The van der Waals surface area contributed by atoms with Crippen LogP contribution in [0.1, 0.15) is 25.4 Å². The minimum absolute atomic E-state index is 0.200. The summed E-state index contributed by atoms with van der Waals surface area (Å²) < 4.78 is 1.69. The number of nitrogen functional groups attached to an aromatic ring is 1. The number of rotatable bonds is 6. The minimum Gasteiger partial charge on any atom is -0.368 e. The lowest BCUT2D eigenvalue weighted by Gasteiger charge is -2.11.